The summed E-state index contributed by atoms with van der Waals surface area (Å²) in [5, 5.41) is 8.43. The molecule has 2 aromatic rings. The van der Waals surface area contributed by atoms with Gasteiger partial charge in [-0.3, -0.25) is 0 Å². The van der Waals surface area contributed by atoms with Gasteiger partial charge in [0.2, 0.25) is 0 Å². The van der Waals surface area contributed by atoms with Crippen LogP contribution >= 0.6 is 0 Å². The number of hydrogen-bond acceptors (Lipinski definition) is 4. The molecule has 0 aliphatic heterocycles. The third-order valence-electron chi connectivity index (χ3n) is 2.31. The van der Waals surface area contributed by atoms with Gasteiger partial charge in [-0.1, -0.05) is 0 Å². The molecule has 1 aromatic carbocycles. The Morgan fingerprint density at radius 3 is 2.94 bits per heavy atom. The monoisotopic (exact) mass is 235 g/mol. The van der Waals surface area contributed by atoms with Gasteiger partial charge >= 0.3 is 0 Å². The van der Waals surface area contributed by atoms with E-state index in [2.05, 4.69) is 4.98 Å². The highest BCUT2D eigenvalue weighted by molar-refractivity contribution is 7.91. The summed E-state index contributed by atoms with van der Waals surface area (Å²) >= 11 is 0. The van der Waals surface area contributed by atoms with Crippen LogP contribution in [0.5, 0.6) is 0 Å². The van der Waals surface area contributed by atoms with Gasteiger partial charge in [0, 0.05) is 7.05 Å². The molecule has 0 bridgehead atoms. The Balaban J connectivity index is 2.61. The fourth-order valence-corrected chi connectivity index (χ4v) is 2.38. The van der Waals surface area contributed by atoms with Crippen LogP contribution in [-0.2, 0) is 16.9 Å². The zero-order valence-electron chi connectivity index (χ0n) is 8.58. The number of sulfone groups is 1. The van der Waals surface area contributed by atoms with Crippen LogP contribution in [0, 0.1) is 11.3 Å². The van der Waals surface area contributed by atoms with Gasteiger partial charge in [0.15, 0.2) is 9.84 Å². The average molecular weight is 235 g/mol. The first kappa shape index (κ1) is 10.6. The first-order valence-electron chi connectivity index (χ1n) is 4.55. The van der Waals surface area contributed by atoms with Crippen molar-refractivity contribution in [2.24, 2.45) is 7.05 Å². The van der Waals surface area contributed by atoms with Crippen molar-refractivity contribution in [3.63, 3.8) is 0 Å². The second-order valence-corrected chi connectivity index (χ2v) is 5.41. The molecule has 0 saturated heterocycles. The summed E-state index contributed by atoms with van der Waals surface area (Å²) in [4.78, 5) is 4.21. The lowest BCUT2D eigenvalue weighted by Gasteiger charge is -2.00. The number of aromatic nitrogens is 2. The normalized spacial score (nSPS) is 11.5. The highest BCUT2D eigenvalue weighted by Gasteiger charge is 2.14. The van der Waals surface area contributed by atoms with E-state index < -0.39 is 15.6 Å². The van der Waals surface area contributed by atoms with Crippen molar-refractivity contribution in [3.8, 4) is 6.07 Å². The second kappa shape index (κ2) is 3.61. The molecule has 0 spiro atoms. The van der Waals surface area contributed by atoms with Crippen LogP contribution in [0.15, 0.2) is 29.4 Å². The van der Waals surface area contributed by atoms with E-state index in [0.29, 0.717) is 5.52 Å². The quantitative estimate of drug-likeness (QED) is 0.774. The van der Waals surface area contributed by atoms with Gasteiger partial charge in [-0.25, -0.2) is 13.4 Å². The first-order chi connectivity index (χ1) is 7.54. The third kappa shape index (κ3) is 1.66. The summed E-state index contributed by atoms with van der Waals surface area (Å²) in [6.45, 7) is 0. The summed E-state index contributed by atoms with van der Waals surface area (Å²) in [6, 6.07) is 6.32. The van der Waals surface area contributed by atoms with Crippen LogP contribution in [-0.4, -0.2) is 23.7 Å². The third-order valence-corrected chi connectivity index (χ3v) is 3.79. The van der Waals surface area contributed by atoms with E-state index in [1.807, 2.05) is 7.05 Å². The number of nitrogens with zero attached hydrogens (tertiary/aromatic N) is 3. The predicted molar refractivity (Wildman–Crippen MR) is 58.4 cm³/mol. The van der Waals surface area contributed by atoms with Crippen molar-refractivity contribution in [1.82, 2.24) is 9.55 Å². The topological polar surface area (TPSA) is 75.8 Å². The van der Waals surface area contributed by atoms with Gasteiger partial charge in [-0.2, -0.15) is 5.26 Å². The van der Waals surface area contributed by atoms with Gasteiger partial charge in [0.05, 0.1) is 28.3 Å². The summed E-state index contributed by atoms with van der Waals surface area (Å²) in [7, 11) is -1.67. The standard InChI is InChI=1S/C10H9N3O2S/c1-13-7-12-9-6-8(2-3-10(9)13)16(14,15)5-4-11/h2-3,6-7H,5H2,1H3. The van der Waals surface area contributed by atoms with E-state index in [0.717, 1.165) is 5.52 Å². The Bertz CT molecular complexity index is 680. The van der Waals surface area contributed by atoms with Crippen LogP contribution in [0.3, 0.4) is 0 Å². The molecular weight excluding hydrogens is 226 g/mol. The van der Waals surface area contributed by atoms with Crippen LogP contribution in [0.4, 0.5) is 0 Å². The summed E-state index contributed by atoms with van der Waals surface area (Å²) in [5.41, 5.74) is 1.47. The van der Waals surface area contributed by atoms with Crippen LogP contribution < -0.4 is 0 Å². The van der Waals surface area contributed by atoms with Gasteiger partial charge in [-0.15, -0.1) is 0 Å². The van der Waals surface area contributed by atoms with Crippen molar-refractivity contribution in [1.29, 1.82) is 5.26 Å². The molecule has 2 rings (SSSR count). The number of rotatable bonds is 2. The fraction of sp³-hybridized carbons (Fsp3) is 0.200. The van der Waals surface area contributed by atoms with Crippen molar-refractivity contribution in [2.45, 2.75) is 4.90 Å². The van der Waals surface area contributed by atoms with Crippen molar-refractivity contribution < 1.29 is 8.42 Å². The SMILES string of the molecule is Cn1cnc2cc(S(=O)(=O)CC#N)ccc21. The zero-order chi connectivity index (χ0) is 11.8. The molecule has 5 nitrogen and oxygen atoms in total. The van der Waals surface area contributed by atoms with Crippen LogP contribution in [0.2, 0.25) is 0 Å². The average Bonchev–Trinajstić information content (AvgIpc) is 2.60. The van der Waals surface area contributed by atoms with E-state index in [4.69, 9.17) is 5.26 Å². The number of nitriles is 1. The molecule has 1 heterocycles. The molecule has 16 heavy (non-hydrogen) atoms. The minimum Gasteiger partial charge on any atom is -0.334 e. The van der Waals surface area contributed by atoms with Gasteiger partial charge < -0.3 is 4.57 Å². The van der Waals surface area contributed by atoms with Gasteiger partial charge in [0.25, 0.3) is 0 Å². The fourth-order valence-electron chi connectivity index (χ4n) is 1.48. The number of fused-ring (bicyclic) bond motifs is 1. The maximum atomic E-state index is 11.6. The Morgan fingerprint density at radius 2 is 2.25 bits per heavy atom. The number of imidazole rings is 1. The lowest BCUT2D eigenvalue weighted by molar-refractivity contribution is 0.599. The van der Waals surface area contributed by atoms with Crippen molar-refractivity contribution in [2.75, 3.05) is 5.75 Å². The Kier molecular flexibility index (Phi) is 2.40. The van der Waals surface area contributed by atoms with Crippen LogP contribution in [0.1, 0.15) is 0 Å². The minimum atomic E-state index is -3.50. The molecule has 0 aliphatic rings. The van der Waals surface area contributed by atoms with Gasteiger partial charge in [0.1, 0.15) is 5.75 Å². The molecule has 0 saturated carbocycles. The Labute approximate surface area is 92.9 Å². The molecule has 0 fully saturated rings. The van der Waals surface area contributed by atoms with Crippen molar-refractivity contribution in [3.05, 3.63) is 24.5 Å². The summed E-state index contributed by atoms with van der Waals surface area (Å²) in [5.74, 6) is -0.509. The Morgan fingerprint density at radius 1 is 1.50 bits per heavy atom. The molecular formula is C10H9N3O2S. The summed E-state index contributed by atoms with van der Waals surface area (Å²) < 4.78 is 25.1. The van der Waals surface area contributed by atoms with Crippen LogP contribution in [0.25, 0.3) is 11.0 Å². The second-order valence-electron chi connectivity index (χ2n) is 3.42. The smallest absolute Gasteiger partial charge is 0.191 e. The minimum absolute atomic E-state index is 0.139. The maximum absolute atomic E-state index is 11.6. The molecule has 0 N–H and O–H groups in total. The Hall–Kier alpha value is -1.87. The number of hydrogen-bond donors (Lipinski definition) is 0. The molecule has 0 radical (unpaired) electrons. The van der Waals surface area contributed by atoms with E-state index in [9.17, 15) is 8.42 Å². The number of benzene rings is 1. The predicted octanol–water partition coefficient (Wildman–Crippen LogP) is 0.871. The molecule has 0 aliphatic carbocycles. The van der Waals surface area contributed by atoms with E-state index in [1.54, 1.807) is 23.0 Å². The first-order valence-corrected chi connectivity index (χ1v) is 6.20. The summed E-state index contributed by atoms with van der Waals surface area (Å²) in [6.07, 6.45) is 1.62. The van der Waals surface area contributed by atoms with E-state index >= 15 is 0 Å². The zero-order valence-corrected chi connectivity index (χ0v) is 9.40. The van der Waals surface area contributed by atoms with E-state index in [1.165, 1.54) is 12.1 Å². The molecule has 0 atom stereocenters. The molecule has 82 valence electrons. The highest BCUT2D eigenvalue weighted by Crippen LogP contribution is 2.18. The number of aryl methyl sites for hydroxylation is 1. The molecule has 0 unspecified atom stereocenters. The van der Waals surface area contributed by atoms with Crippen molar-refractivity contribution >= 4 is 20.9 Å². The maximum Gasteiger partial charge on any atom is 0.191 e. The molecule has 6 heteroatoms. The van der Waals surface area contributed by atoms with E-state index in [-0.39, 0.29) is 4.90 Å². The van der Waals surface area contributed by atoms with Gasteiger partial charge in [-0.05, 0) is 18.2 Å². The molecule has 0 amide bonds. The largest absolute Gasteiger partial charge is 0.334 e. The highest BCUT2D eigenvalue weighted by atomic mass is 32.2. The lowest BCUT2D eigenvalue weighted by atomic mass is 10.3. The lowest BCUT2D eigenvalue weighted by Crippen LogP contribution is -2.04. The molecule has 1 aromatic heterocycles.